The first-order valence-corrected chi connectivity index (χ1v) is 31.0. The van der Waals surface area contributed by atoms with E-state index in [1.807, 2.05) is 0 Å². The number of fused-ring (bicyclic) bond motifs is 10. The highest BCUT2D eigenvalue weighted by Crippen LogP contribution is 2.73. The van der Waals surface area contributed by atoms with E-state index in [0.717, 1.165) is 82.7 Å². The number of hydrogen-bond donors (Lipinski definition) is 8. The van der Waals surface area contributed by atoms with E-state index in [-0.39, 0.29) is 75.5 Å². The molecule has 0 aromatic rings. The van der Waals surface area contributed by atoms with E-state index < -0.39 is 49.0 Å². The highest BCUT2D eigenvalue weighted by atomic mass is 32.2. The van der Waals surface area contributed by atoms with E-state index in [4.69, 9.17) is 9.11 Å². The SMILES string of the molecule is C[C@@H](CCC(=O)NCCS(=O)(=O)O)[C@H]1CC[C@@H]2[C@H]3[C@@H](CC[C@@]21C)[C@@]1(C)CC[C@@](O)(C2(O)CC[C@]4(C)C(C[C@@H](SO)[C@H]5[C@H]6CC[C@H]([C@@H](C)CCC(=O)NCCS(=O)(=O)O)[C@]6(C)CC[C@H]54)C2)CC1C[C@@H]3O. The van der Waals surface area contributed by atoms with Crippen molar-refractivity contribution in [3.8, 4) is 0 Å². The molecule has 20 atom stereocenters. The second kappa shape index (κ2) is 19.6. The summed E-state index contributed by atoms with van der Waals surface area (Å²) in [5.41, 5.74) is -2.46. The van der Waals surface area contributed by atoms with Crippen LogP contribution >= 0.6 is 12.0 Å². The summed E-state index contributed by atoms with van der Waals surface area (Å²) in [7, 11) is -8.27. The highest BCUT2D eigenvalue weighted by Gasteiger charge is 2.69. The number of carbonyl (C=O) groups is 2. The molecular weight excluding hydrogens is 941 g/mol. The van der Waals surface area contributed by atoms with E-state index in [1.54, 1.807) is 0 Å². The Kier molecular flexibility index (Phi) is 15.4. The molecule has 17 heteroatoms. The van der Waals surface area contributed by atoms with Crippen LogP contribution in [0.15, 0.2) is 0 Å². The van der Waals surface area contributed by atoms with Crippen LogP contribution in [0.25, 0.3) is 0 Å². The summed E-state index contributed by atoms with van der Waals surface area (Å²) >= 11 is 1.02. The zero-order valence-corrected chi connectivity index (χ0v) is 44.9. The fourth-order valence-corrected chi connectivity index (χ4v) is 20.8. The normalized spacial score (nSPS) is 47.0. The predicted octanol–water partition coefficient (Wildman–Crippen LogP) is 7.76. The first-order chi connectivity index (χ1) is 32.1. The minimum absolute atomic E-state index is 0.0222. The Balaban J connectivity index is 0.894. The second-order valence-corrected chi connectivity index (χ2v) is 29.9. The van der Waals surface area contributed by atoms with Gasteiger partial charge in [0.05, 0.1) is 28.8 Å². The molecule has 69 heavy (non-hydrogen) atoms. The van der Waals surface area contributed by atoms with Crippen molar-refractivity contribution < 1.29 is 55.4 Å². The van der Waals surface area contributed by atoms with Gasteiger partial charge in [-0.25, -0.2) is 0 Å². The maximum absolute atomic E-state index is 13.0. The maximum atomic E-state index is 13.0. The third-order valence-electron chi connectivity index (χ3n) is 23.0. The van der Waals surface area contributed by atoms with Crippen LogP contribution in [0.4, 0.5) is 0 Å². The van der Waals surface area contributed by atoms with Crippen molar-refractivity contribution in [2.45, 2.75) is 193 Å². The molecule has 0 radical (unpaired) electrons. The van der Waals surface area contributed by atoms with Crippen molar-refractivity contribution in [3.63, 3.8) is 0 Å². The number of rotatable bonds is 16. The van der Waals surface area contributed by atoms with Crippen LogP contribution in [-0.2, 0) is 29.8 Å². The van der Waals surface area contributed by atoms with Crippen molar-refractivity contribution in [3.05, 3.63) is 0 Å². The number of aliphatic hydroxyl groups is 3. The molecule has 0 bridgehead atoms. The van der Waals surface area contributed by atoms with Crippen LogP contribution in [-0.4, -0.2) is 105 Å². The Morgan fingerprint density at radius 2 is 1.00 bits per heavy atom. The Morgan fingerprint density at radius 1 is 0.594 bits per heavy atom. The molecule has 0 aromatic carbocycles. The van der Waals surface area contributed by atoms with Gasteiger partial charge < -0.3 is 30.5 Å². The van der Waals surface area contributed by atoms with Gasteiger partial charge in [-0.2, -0.15) is 16.8 Å². The van der Waals surface area contributed by atoms with Gasteiger partial charge in [0.1, 0.15) is 0 Å². The van der Waals surface area contributed by atoms with E-state index in [1.165, 1.54) is 0 Å². The molecule has 8 aliphatic carbocycles. The van der Waals surface area contributed by atoms with E-state index in [9.17, 15) is 46.3 Å². The molecule has 0 aromatic heterocycles. The quantitative estimate of drug-likeness (QED) is 0.0545. The molecule has 8 fully saturated rings. The molecule has 14 nitrogen and oxygen atoms in total. The van der Waals surface area contributed by atoms with Crippen LogP contribution in [0, 0.1) is 92.7 Å². The minimum atomic E-state index is -4.14. The van der Waals surface area contributed by atoms with Crippen LogP contribution in [0.3, 0.4) is 0 Å². The topological polar surface area (TPSA) is 248 Å². The zero-order chi connectivity index (χ0) is 50.3. The van der Waals surface area contributed by atoms with Crippen LogP contribution in [0.1, 0.15) is 170 Å². The number of aliphatic hydroxyl groups excluding tert-OH is 1. The smallest absolute Gasteiger partial charge is 0.266 e. The van der Waals surface area contributed by atoms with Crippen molar-refractivity contribution in [2.75, 3.05) is 24.6 Å². The highest BCUT2D eigenvalue weighted by molar-refractivity contribution is 7.94. The van der Waals surface area contributed by atoms with Gasteiger partial charge >= 0.3 is 0 Å². The van der Waals surface area contributed by atoms with Gasteiger partial charge in [-0.3, -0.25) is 18.7 Å². The Labute approximate surface area is 417 Å². The van der Waals surface area contributed by atoms with Crippen LogP contribution in [0.5, 0.6) is 0 Å². The average Bonchev–Trinajstić information content (AvgIpc) is 3.81. The molecule has 0 aliphatic heterocycles. The largest absolute Gasteiger partial charge is 0.393 e. The van der Waals surface area contributed by atoms with Crippen molar-refractivity contribution in [2.24, 2.45) is 92.7 Å². The third-order valence-corrected chi connectivity index (χ3v) is 25.2. The lowest BCUT2D eigenvalue weighted by molar-refractivity contribution is -0.254. The van der Waals surface area contributed by atoms with E-state index >= 15 is 0 Å². The van der Waals surface area contributed by atoms with E-state index in [0.29, 0.717) is 105 Å². The number of hydrogen-bond acceptors (Lipinski definition) is 11. The summed E-state index contributed by atoms with van der Waals surface area (Å²) in [6, 6.07) is 0. The molecule has 0 spiro atoms. The second-order valence-electron chi connectivity index (χ2n) is 25.9. The molecule has 8 aliphatic rings. The number of carbonyl (C=O) groups excluding carboxylic acids is 2. The Hall–Kier alpha value is -1.05. The molecule has 8 saturated carbocycles. The van der Waals surface area contributed by atoms with Gasteiger partial charge in [-0.1, -0.05) is 41.5 Å². The van der Waals surface area contributed by atoms with E-state index in [2.05, 4.69) is 52.2 Å². The molecule has 8 rings (SSSR count). The fraction of sp³-hybridized carbons (Fsp3) is 0.962. The van der Waals surface area contributed by atoms with Gasteiger partial charge in [-0.05, 0) is 220 Å². The van der Waals surface area contributed by atoms with Gasteiger partial charge in [0, 0.05) is 31.2 Å². The molecule has 396 valence electrons. The summed E-state index contributed by atoms with van der Waals surface area (Å²) in [6.07, 6.45) is 15.2. The number of nitrogens with one attached hydrogen (secondary N) is 2. The van der Waals surface area contributed by atoms with Gasteiger partial charge in [0.15, 0.2) is 0 Å². The van der Waals surface area contributed by atoms with Crippen LogP contribution < -0.4 is 10.6 Å². The van der Waals surface area contributed by atoms with Crippen molar-refractivity contribution in [1.29, 1.82) is 0 Å². The van der Waals surface area contributed by atoms with Gasteiger partial charge in [0.2, 0.25) is 11.8 Å². The summed E-state index contributed by atoms with van der Waals surface area (Å²) in [4.78, 5) is 25.2. The summed E-state index contributed by atoms with van der Waals surface area (Å²) in [5.74, 6) is 2.36. The Bertz CT molecular complexity index is 2130. The standard InChI is InChI=1S/C52H88N2O12S3/c1-31(7-13-43(56)53-23-25-68(61,62)63)35-9-11-37-45-39(15-17-49(35,37)5)47(3)19-21-51(58,29-33(47)27-41(45)55)52(59)22-20-48(4)34(30-52)28-42(67-60)46-38-12-10-36(50(38,6)18-16-40(46)48)32(2)8-14-44(57)54-24-26-69(64,65)66/h31-42,45-46,55,58-60H,7-30H2,1-6H3,(H,53,56)(H,54,57)(H,61,62,63)(H,64,65,66)/t31-,32-,33?,34?,35+,36+,37+,38+,39+,40+,41-,42+,45-,46-,47-,48+,49+,50-,51-,52?/m0/s1. The van der Waals surface area contributed by atoms with Gasteiger partial charge in [0.25, 0.3) is 20.2 Å². The zero-order valence-electron chi connectivity index (χ0n) is 42.4. The summed E-state index contributed by atoms with van der Waals surface area (Å²) < 4.78 is 73.6. The molecule has 0 heterocycles. The molecule has 0 saturated heterocycles. The predicted molar refractivity (Wildman–Crippen MR) is 267 cm³/mol. The summed E-state index contributed by atoms with van der Waals surface area (Å²) in [6.45, 7) is 14.0. The maximum Gasteiger partial charge on any atom is 0.266 e. The number of amides is 2. The monoisotopic (exact) mass is 1030 g/mol. The lowest BCUT2D eigenvalue weighted by Gasteiger charge is -2.67. The molecular formula is C52H88N2O12S3. The van der Waals surface area contributed by atoms with Crippen LogP contribution in [0.2, 0.25) is 0 Å². The molecule has 8 N–H and O–H groups in total. The van der Waals surface area contributed by atoms with Crippen molar-refractivity contribution >= 4 is 44.1 Å². The minimum Gasteiger partial charge on any atom is -0.393 e. The molecule has 2 amide bonds. The third kappa shape index (κ3) is 10.0. The summed E-state index contributed by atoms with van der Waals surface area (Å²) in [5, 5.41) is 43.5. The fourth-order valence-electron chi connectivity index (χ4n) is 19.2. The molecule has 3 unspecified atom stereocenters. The first kappa shape index (κ1) is 54.2. The first-order valence-electron chi connectivity index (χ1n) is 27.0. The van der Waals surface area contributed by atoms with Gasteiger partial charge in [-0.15, -0.1) is 0 Å². The lowest BCUT2D eigenvalue weighted by atomic mass is 9.40. The Morgan fingerprint density at radius 3 is 1.43 bits per heavy atom. The van der Waals surface area contributed by atoms with Crippen molar-refractivity contribution in [1.82, 2.24) is 10.6 Å². The lowest BCUT2D eigenvalue weighted by Crippen LogP contribution is -2.67. The average molecular weight is 1030 g/mol.